The summed E-state index contributed by atoms with van der Waals surface area (Å²) in [5, 5.41) is 11.6. The molecule has 0 saturated heterocycles. The zero-order chi connectivity index (χ0) is 21.7. The summed E-state index contributed by atoms with van der Waals surface area (Å²) in [6, 6.07) is 6.75. The smallest absolute Gasteiger partial charge is 0.316 e. The summed E-state index contributed by atoms with van der Waals surface area (Å²) >= 11 is 0. The van der Waals surface area contributed by atoms with Gasteiger partial charge in [0.1, 0.15) is 5.69 Å². The molecule has 9 heteroatoms. The van der Waals surface area contributed by atoms with E-state index in [-0.39, 0.29) is 17.0 Å². The predicted molar refractivity (Wildman–Crippen MR) is 102 cm³/mol. The van der Waals surface area contributed by atoms with E-state index >= 15 is 0 Å². The molecule has 0 fully saturated rings. The van der Waals surface area contributed by atoms with E-state index in [1.807, 2.05) is 0 Å². The topological polar surface area (TPSA) is 126 Å². The minimum Gasteiger partial charge on any atom is -0.422 e. The Morgan fingerprint density at radius 2 is 1.62 bits per heavy atom. The molecule has 0 unspecified atom stereocenters. The van der Waals surface area contributed by atoms with Crippen molar-refractivity contribution >= 4 is 23.4 Å². The van der Waals surface area contributed by atoms with Gasteiger partial charge in [-0.1, -0.05) is 33.8 Å². The maximum Gasteiger partial charge on any atom is 0.316 e. The fourth-order valence-electron chi connectivity index (χ4n) is 2.12. The van der Waals surface area contributed by atoms with Gasteiger partial charge in [0.05, 0.1) is 16.8 Å². The van der Waals surface area contributed by atoms with Gasteiger partial charge in [0.2, 0.25) is 5.78 Å². The second-order valence-corrected chi connectivity index (χ2v) is 6.78. The molecule has 2 aromatic rings. The number of hydrogen-bond donors (Lipinski definition) is 0. The minimum atomic E-state index is -0.815. The molecule has 152 valence electrons. The third-order valence-corrected chi connectivity index (χ3v) is 3.75. The van der Waals surface area contributed by atoms with Crippen molar-refractivity contribution in [3.63, 3.8) is 0 Å². The molecule has 1 aromatic heterocycles. The van der Waals surface area contributed by atoms with Crippen molar-refractivity contribution in [3.8, 4) is 11.5 Å². The van der Waals surface area contributed by atoms with Crippen LogP contribution in [0.25, 0.3) is 0 Å². The molecule has 9 nitrogen and oxygen atoms in total. The van der Waals surface area contributed by atoms with Crippen LogP contribution in [0.2, 0.25) is 0 Å². The molecule has 0 aliphatic carbocycles. The van der Waals surface area contributed by atoms with Crippen LogP contribution >= 0.6 is 0 Å². The van der Waals surface area contributed by atoms with E-state index < -0.39 is 45.9 Å². The monoisotopic (exact) mass is 400 g/mol. The number of pyridine rings is 1. The van der Waals surface area contributed by atoms with Gasteiger partial charge < -0.3 is 9.47 Å². The highest BCUT2D eigenvalue weighted by atomic mass is 16.6. The lowest BCUT2D eigenvalue weighted by atomic mass is 10.1. The minimum absolute atomic E-state index is 0.0508. The molecule has 0 aliphatic heterocycles. The van der Waals surface area contributed by atoms with Crippen LogP contribution in [-0.4, -0.2) is 27.6 Å². The van der Waals surface area contributed by atoms with Crippen molar-refractivity contribution in [2.75, 3.05) is 0 Å². The summed E-state index contributed by atoms with van der Waals surface area (Å²) in [4.78, 5) is 51.5. The first-order valence-corrected chi connectivity index (χ1v) is 8.83. The number of nitro groups is 1. The molecule has 0 radical (unpaired) electrons. The number of carbonyl (C=O) groups is 3. The Morgan fingerprint density at radius 3 is 2.14 bits per heavy atom. The Kier molecular flexibility index (Phi) is 6.76. The van der Waals surface area contributed by atoms with Gasteiger partial charge in [-0.25, -0.2) is 0 Å². The fourth-order valence-corrected chi connectivity index (χ4v) is 2.12. The van der Waals surface area contributed by atoms with Gasteiger partial charge in [0.25, 0.3) is 5.75 Å². The highest BCUT2D eigenvalue weighted by Gasteiger charge is 2.29. The van der Waals surface area contributed by atoms with Crippen molar-refractivity contribution < 1.29 is 28.8 Å². The first kappa shape index (κ1) is 21.7. The predicted octanol–water partition coefficient (Wildman–Crippen LogP) is 3.34. The maximum atomic E-state index is 12.7. The number of nitrogens with zero attached hydrogens (tertiary/aromatic N) is 2. The van der Waals surface area contributed by atoms with E-state index in [9.17, 15) is 24.5 Å². The summed E-state index contributed by atoms with van der Waals surface area (Å²) < 4.78 is 10.3. The van der Waals surface area contributed by atoms with E-state index in [1.165, 1.54) is 12.3 Å². The fraction of sp³-hybridized carbons (Fsp3) is 0.300. The summed E-state index contributed by atoms with van der Waals surface area (Å²) in [5.74, 6) is -4.12. The van der Waals surface area contributed by atoms with E-state index in [0.717, 1.165) is 12.1 Å². The average molecular weight is 400 g/mol. The van der Waals surface area contributed by atoms with Crippen molar-refractivity contribution in [1.29, 1.82) is 0 Å². The Hall–Kier alpha value is -3.62. The van der Waals surface area contributed by atoms with Crippen LogP contribution in [0.3, 0.4) is 0 Å². The average Bonchev–Trinajstić information content (AvgIpc) is 2.68. The molecule has 29 heavy (non-hydrogen) atoms. The number of ether oxygens (including phenoxy) is 2. The molecule has 1 heterocycles. The summed E-state index contributed by atoms with van der Waals surface area (Å²) in [6.07, 6.45) is 1.40. The van der Waals surface area contributed by atoms with Crippen LogP contribution in [0, 0.1) is 22.0 Å². The molecule has 1 aromatic carbocycles. The highest BCUT2D eigenvalue weighted by molar-refractivity contribution is 6.08. The van der Waals surface area contributed by atoms with E-state index in [0.29, 0.717) is 0 Å². The maximum absolute atomic E-state index is 12.7. The molecule has 2 rings (SSSR count). The van der Waals surface area contributed by atoms with Gasteiger partial charge in [0.15, 0.2) is 5.75 Å². The number of ketones is 1. The molecule has 0 amide bonds. The summed E-state index contributed by atoms with van der Waals surface area (Å²) in [5.41, 5.74) is -0.756. The van der Waals surface area contributed by atoms with Crippen molar-refractivity contribution in [2.24, 2.45) is 11.8 Å². The van der Waals surface area contributed by atoms with Gasteiger partial charge in [-0.2, -0.15) is 0 Å². The number of nitro benzene ring substituents is 1. The van der Waals surface area contributed by atoms with E-state index in [4.69, 9.17) is 9.47 Å². The highest BCUT2D eigenvalue weighted by Crippen LogP contribution is 2.40. The number of rotatable bonds is 7. The molecular formula is C20H20N2O7. The number of carbonyl (C=O) groups excluding carboxylic acids is 3. The second-order valence-electron chi connectivity index (χ2n) is 6.78. The second kappa shape index (κ2) is 9.05. The van der Waals surface area contributed by atoms with Crippen LogP contribution < -0.4 is 9.47 Å². The van der Waals surface area contributed by atoms with Crippen molar-refractivity contribution in [2.45, 2.75) is 27.7 Å². The van der Waals surface area contributed by atoms with Gasteiger partial charge >= 0.3 is 17.6 Å². The zero-order valence-electron chi connectivity index (χ0n) is 16.4. The van der Waals surface area contributed by atoms with Gasteiger partial charge in [-0.3, -0.25) is 29.5 Å². The normalized spacial score (nSPS) is 10.7. The first-order valence-electron chi connectivity index (χ1n) is 8.83. The number of esters is 2. The molecule has 0 aliphatic rings. The molecule has 0 bridgehead atoms. The van der Waals surface area contributed by atoms with Crippen LogP contribution in [0.15, 0.2) is 36.5 Å². The SMILES string of the molecule is CC(C)C(=O)Oc1cc(C(=O)c2ccccn2)cc([N+](=O)[O-])c1OC(=O)C(C)C. The standard InChI is InChI=1S/C20H20N2O7/c1-11(2)19(24)28-16-10-13(17(23)14-7-5-6-8-21-14)9-15(22(26)27)18(16)29-20(25)12(3)4/h5-12H,1-4H3. The van der Waals surface area contributed by atoms with Crippen LogP contribution in [0.1, 0.15) is 43.7 Å². The number of benzene rings is 1. The van der Waals surface area contributed by atoms with Gasteiger partial charge in [-0.15, -0.1) is 0 Å². The first-order chi connectivity index (χ1) is 13.6. The lowest BCUT2D eigenvalue weighted by Gasteiger charge is -2.14. The zero-order valence-corrected chi connectivity index (χ0v) is 16.4. The molecular weight excluding hydrogens is 380 g/mol. The quantitative estimate of drug-likeness (QED) is 0.228. The lowest BCUT2D eigenvalue weighted by molar-refractivity contribution is -0.385. The molecule has 0 N–H and O–H groups in total. The largest absolute Gasteiger partial charge is 0.422 e. The molecule has 0 atom stereocenters. The molecule has 0 spiro atoms. The third kappa shape index (κ3) is 5.22. The summed E-state index contributed by atoms with van der Waals surface area (Å²) in [6.45, 7) is 6.23. The number of hydrogen-bond acceptors (Lipinski definition) is 8. The van der Waals surface area contributed by atoms with Crippen LogP contribution in [0.4, 0.5) is 5.69 Å². The molecule has 0 saturated carbocycles. The Labute approximate surface area is 166 Å². The Morgan fingerprint density at radius 1 is 1.00 bits per heavy atom. The lowest BCUT2D eigenvalue weighted by Crippen LogP contribution is -2.19. The van der Waals surface area contributed by atoms with Crippen LogP contribution in [-0.2, 0) is 9.59 Å². The Balaban J connectivity index is 2.64. The summed E-state index contributed by atoms with van der Waals surface area (Å²) in [7, 11) is 0. The number of aromatic nitrogens is 1. The van der Waals surface area contributed by atoms with Gasteiger partial charge in [-0.05, 0) is 18.2 Å². The van der Waals surface area contributed by atoms with Crippen LogP contribution in [0.5, 0.6) is 11.5 Å². The van der Waals surface area contributed by atoms with E-state index in [1.54, 1.807) is 39.8 Å². The van der Waals surface area contributed by atoms with Crippen molar-refractivity contribution in [3.05, 3.63) is 57.9 Å². The van der Waals surface area contributed by atoms with Gasteiger partial charge in [0, 0.05) is 17.8 Å². The van der Waals surface area contributed by atoms with Crippen molar-refractivity contribution in [1.82, 2.24) is 4.98 Å². The van der Waals surface area contributed by atoms with E-state index in [2.05, 4.69) is 4.98 Å². The Bertz CT molecular complexity index is 953. The third-order valence-electron chi connectivity index (χ3n) is 3.75.